The fourth-order valence-corrected chi connectivity index (χ4v) is 3.22. The van der Waals surface area contributed by atoms with Crippen molar-refractivity contribution in [3.63, 3.8) is 0 Å². The Balaban J connectivity index is 1.63. The van der Waals surface area contributed by atoms with Gasteiger partial charge < -0.3 is 10.6 Å². The summed E-state index contributed by atoms with van der Waals surface area (Å²) < 4.78 is 0. The summed E-state index contributed by atoms with van der Waals surface area (Å²) in [5.41, 5.74) is 6.99. The van der Waals surface area contributed by atoms with Crippen molar-refractivity contribution in [2.75, 3.05) is 13.1 Å². The first-order chi connectivity index (χ1) is 9.16. The summed E-state index contributed by atoms with van der Waals surface area (Å²) >= 11 is 6.19. The number of halogens is 1. The van der Waals surface area contributed by atoms with Crippen LogP contribution >= 0.6 is 11.6 Å². The van der Waals surface area contributed by atoms with E-state index < -0.39 is 0 Å². The highest BCUT2D eigenvalue weighted by Crippen LogP contribution is 2.50. The third-order valence-electron chi connectivity index (χ3n) is 4.26. The highest BCUT2D eigenvalue weighted by atomic mass is 35.5. The molecule has 1 aliphatic carbocycles. The zero-order valence-corrected chi connectivity index (χ0v) is 11.6. The first kappa shape index (κ1) is 12.9. The monoisotopic (exact) mass is 278 g/mol. The van der Waals surface area contributed by atoms with Gasteiger partial charge in [0.15, 0.2) is 0 Å². The molecule has 0 spiro atoms. The molecular weight excluding hydrogens is 260 g/mol. The molecule has 4 heteroatoms. The van der Waals surface area contributed by atoms with Crippen molar-refractivity contribution < 1.29 is 4.79 Å². The van der Waals surface area contributed by atoms with Gasteiger partial charge in [-0.1, -0.05) is 29.8 Å². The van der Waals surface area contributed by atoms with Crippen molar-refractivity contribution in [3.8, 4) is 0 Å². The SMILES string of the molecule is NC1CCN(C(=O)[C@H]2C[C@@H]2c2ccccc2Cl)CC1. The Kier molecular flexibility index (Phi) is 3.50. The molecule has 0 bridgehead atoms. The summed E-state index contributed by atoms with van der Waals surface area (Å²) in [7, 11) is 0. The number of rotatable bonds is 2. The van der Waals surface area contributed by atoms with Crippen molar-refractivity contribution in [3.05, 3.63) is 34.9 Å². The largest absolute Gasteiger partial charge is 0.342 e. The second-order valence-corrected chi connectivity index (χ2v) is 6.04. The van der Waals surface area contributed by atoms with Crippen LogP contribution in [0.1, 0.15) is 30.7 Å². The predicted octanol–water partition coefficient (Wildman–Crippen LogP) is 2.39. The van der Waals surface area contributed by atoms with E-state index in [1.807, 2.05) is 29.2 Å². The van der Waals surface area contributed by atoms with Gasteiger partial charge in [-0.05, 0) is 36.8 Å². The standard InChI is InChI=1S/C15H19ClN2O/c16-14-4-2-1-3-11(14)12-9-13(12)15(19)18-7-5-10(17)6-8-18/h1-4,10,12-13H,5-9,17H2/t12-,13+/m1/s1. The lowest BCUT2D eigenvalue weighted by molar-refractivity contribution is -0.133. The number of hydrogen-bond acceptors (Lipinski definition) is 2. The number of carbonyl (C=O) groups excluding carboxylic acids is 1. The summed E-state index contributed by atoms with van der Waals surface area (Å²) in [5.74, 6) is 0.739. The van der Waals surface area contributed by atoms with Gasteiger partial charge in [-0.25, -0.2) is 0 Å². The molecule has 1 aliphatic heterocycles. The summed E-state index contributed by atoms with van der Waals surface area (Å²) in [5, 5.41) is 0.781. The molecule has 0 unspecified atom stereocenters. The molecule has 102 valence electrons. The zero-order chi connectivity index (χ0) is 13.4. The van der Waals surface area contributed by atoms with Gasteiger partial charge in [0.1, 0.15) is 0 Å². The van der Waals surface area contributed by atoms with E-state index in [-0.39, 0.29) is 17.9 Å². The number of likely N-dealkylation sites (tertiary alicyclic amines) is 1. The topological polar surface area (TPSA) is 46.3 Å². The van der Waals surface area contributed by atoms with Crippen LogP contribution in [0.15, 0.2) is 24.3 Å². The Labute approximate surface area is 118 Å². The maximum Gasteiger partial charge on any atom is 0.226 e. The number of hydrogen-bond donors (Lipinski definition) is 1. The number of nitrogens with zero attached hydrogens (tertiary/aromatic N) is 1. The Bertz CT molecular complexity index is 483. The molecule has 1 heterocycles. The average molecular weight is 279 g/mol. The number of amides is 1. The second kappa shape index (κ2) is 5.14. The van der Waals surface area contributed by atoms with Gasteiger partial charge >= 0.3 is 0 Å². The molecule has 19 heavy (non-hydrogen) atoms. The molecule has 0 aromatic heterocycles. The molecule has 1 aromatic carbocycles. The molecule has 1 saturated carbocycles. The molecule has 2 N–H and O–H groups in total. The van der Waals surface area contributed by atoms with Crippen LogP contribution < -0.4 is 5.73 Å². The van der Waals surface area contributed by atoms with Gasteiger partial charge in [0.2, 0.25) is 5.91 Å². The van der Waals surface area contributed by atoms with Gasteiger partial charge in [-0.2, -0.15) is 0 Å². The summed E-state index contributed by atoms with van der Waals surface area (Å²) in [6.45, 7) is 1.62. The number of carbonyl (C=O) groups is 1. The lowest BCUT2D eigenvalue weighted by atomic mass is 10.0. The van der Waals surface area contributed by atoms with E-state index in [0.717, 1.165) is 42.9 Å². The number of nitrogens with two attached hydrogens (primary N) is 1. The van der Waals surface area contributed by atoms with Gasteiger partial charge in [0, 0.05) is 30.1 Å². The van der Waals surface area contributed by atoms with E-state index in [9.17, 15) is 4.79 Å². The number of piperidine rings is 1. The molecule has 2 atom stereocenters. The van der Waals surface area contributed by atoms with Gasteiger partial charge in [0.05, 0.1) is 0 Å². The van der Waals surface area contributed by atoms with Crippen LogP contribution in [0.5, 0.6) is 0 Å². The smallest absolute Gasteiger partial charge is 0.226 e. The Morgan fingerprint density at radius 2 is 1.95 bits per heavy atom. The summed E-state index contributed by atoms with van der Waals surface area (Å²) in [6, 6.07) is 8.11. The van der Waals surface area contributed by atoms with E-state index in [4.69, 9.17) is 17.3 Å². The third kappa shape index (κ3) is 2.63. The van der Waals surface area contributed by atoms with Crippen LogP contribution in [0.25, 0.3) is 0 Å². The fourth-order valence-electron chi connectivity index (χ4n) is 2.94. The third-order valence-corrected chi connectivity index (χ3v) is 4.61. The van der Waals surface area contributed by atoms with E-state index >= 15 is 0 Å². The number of benzene rings is 1. The maximum absolute atomic E-state index is 12.4. The van der Waals surface area contributed by atoms with E-state index in [0.29, 0.717) is 5.92 Å². The first-order valence-corrected chi connectivity index (χ1v) is 7.33. The zero-order valence-electron chi connectivity index (χ0n) is 10.9. The Morgan fingerprint density at radius 1 is 1.26 bits per heavy atom. The van der Waals surface area contributed by atoms with Crippen molar-refractivity contribution in [2.45, 2.75) is 31.2 Å². The minimum Gasteiger partial charge on any atom is -0.342 e. The van der Waals surface area contributed by atoms with E-state index in [2.05, 4.69) is 0 Å². The Hall–Kier alpha value is -1.06. The molecule has 3 rings (SSSR count). The maximum atomic E-state index is 12.4. The fraction of sp³-hybridized carbons (Fsp3) is 0.533. The first-order valence-electron chi connectivity index (χ1n) is 6.95. The highest BCUT2D eigenvalue weighted by Gasteiger charge is 2.46. The van der Waals surface area contributed by atoms with Gasteiger partial charge in [-0.3, -0.25) is 4.79 Å². The minimum absolute atomic E-state index is 0.134. The van der Waals surface area contributed by atoms with Crippen molar-refractivity contribution in [1.29, 1.82) is 0 Å². The van der Waals surface area contributed by atoms with Crippen LogP contribution in [0.2, 0.25) is 5.02 Å². The van der Waals surface area contributed by atoms with Crippen LogP contribution in [-0.2, 0) is 4.79 Å². The molecule has 2 aliphatic rings. The van der Waals surface area contributed by atoms with Crippen LogP contribution in [0, 0.1) is 5.92 Å². The van der Waals surface area contributed by atoms with Gasteiger partial charge in [-0.15, -0.1) is 0 Å². The van der Waals surface area contributed by atoms with Crippen LogP contribution in [0.3, 0.4) is 0 Å². The molecular formula is C15H19ClN2O. The molecule has 1 amide bonds. The Morgan fingerprint density at radius 3 is 2.63 bits per heavy atom. The van der Waals surface area contributed by atoms with Crippen molar-refractivity contribution in [1.82, 2.24) is 4.90 Å². The van der Waals surface area contributed by atoms with Crippen molar-refractivity contribution >= 4 is 17.5 Å². The molecule has 2 fully saturated rings. The molecule has 0 radical (unpaired) electrons. The second-order valence-electron chi connectivity index (χ2n) is 5.63. The summed E-state index contributed by atoms with van der Waals surface area (Å²) in [4.78, 5) is 14.4. The molecule has 1 aromatic rings. The summed E-state index contributed by atoms with van der Waals surface area (Å²) in [6.07, 6.45) is 2.79. The van der Waals surface area contributed by atoms with Gasteiger partial charge in [0.25, 0.3) is 0 Å². The average Bonchev–Trinajstić information content (AvgIpc) is 3.19. The van der Waals surface area contributed by atoms with Crippen molar-refractivity contribution in [2.24, 2.45) is 11.7 Å². The lowest BCUT2D eigenvalue weighted by Crippen LogP contribution is -2.43. The quantitative estimate of drug-likeness (QED) is 0.903. The molecule has 1 saturated heterocycles. The van der Waals surface area contributed by atoms with E-state index in [1.54, 1.807) is 0 Å². The van der Waals surface area contributed by atoms with Crippen LogP contribution in [-0.4, -0.2) is 29.9 Å². The predicted molar refractivity (Wildman–Crippen MR) is 76.1 cm³/mol. The highest BCUT2D eigenvalue weighted by molar-refractivity contribution is 6.31. The lowest BCUT2D eigenvalue weighted by Gasteiger charge is -2.30. The molecule has 3 nitrogen and oxygen atoms in total. The van der Waals surface area contributed by atoms with Crippen LogP contribution in [0.4, 0.5) is 0 Å². The normalized spacial score (nSPS) is 27.4. The van der Waals surface area contributed by atoms with E-state index in [1.165, 1.54) is 0 Å². The minimum atomic E-state index is 0.134.